The molecule has 0 aliphatic carbocycles. The van der Waals surface area contributed by atoms with Crippen molar-refractivity contribution in [3.8, 4) is 0 Å². The minimum absolute atomic E-state index is 0.0558. The maximum atomic E-state index is 10.9. The Morgan fingerprint density at radius 1 is 1.50 bits per heavy atom. The average molecular weight is 192 g/mol. The Labute approximate surface area is 73.4 Å². The first-order valence-electron chi connectivity index (χ1n) is 3.50. The lowest BCUT2D eigenvalue weighted by Crippen LogP contribution is -2.01. The van der Waals surface area contributed by atoms with Gasteiger partial charge in [0.2, 0.25) is 0 Å². The van der Waals surface area contributed by atoms with Crippen LogP contribution in [0.5, 0.6) is 0 Å². The van der Waals surface area contributed by atoms with Gasteiger partial charge in [-0.1, -0.05) is 6.58 Å². The highest BCUT2D eigenvalue weighted by molar-refractivity contribution is 7.67. The Morgan fingerprint density at radius 3 is 2.50 bits per heavy atom. The second kappa shape index (κ2) is 5.91. The van der Waals surface area contributed by atoms with E-state index in [0.717, 1.165) is 0 Å². The van der Waals surface area contributed by atoms with E-state index in [1.165, 1.54) is 0 Å². The van der Waals surface area contributed by atoms with Crippen molar-refractivity contribution in [1.29, 1.82) is 0 Å². The smallest absolute Gasteiger partial charge is 0.257 e. The monoisotopic (exact) mass is 192 g/mol. The van der Waals surface area contributed by atoms with Crippen molar-refractivity contribution in [3.05, 3.63) is 12.2 Å². The molecule has 0 aromatic heterocycles. The lowest BCUT2D eigenvalue weighted by Gasteiger charge is -1.97. The van der Waals surface area contributed by atoms with E-state index in [-0.39, 0.29) is 12.4 Å². The predicted molar refractivity (Wildman–Crippen MR) is 45.3 cm³/mol. The van der Waals surface area contributed by atoms with Gasteiger partial charge >= 0.3 is 0 Å². The minimum Gasteiger partial charge on any atom is -0.295 e. The summed E-state index contributed by atoms with van der Waals surface area (Å²) in [5, 5.41) is 0. The Morgan fingerprint density at radius 2 is 2.08 bits per heavy atom. The summed E-state index contributed by atoms with van der Waals surface area (Å²) in [4.78, 5) is 10.9. The van der Waals surface area contributed by atoms with Crippen LogP contribution in [0.25, 0.3) is 0 Å². The Kier molecular flexibility index (Phi) is 5.57. The molecule has 0 heterocycles. The molecule has 0 atom stereocenters. The zero-order valence-corrected chi connectivity index (χ0v) is 7.80. The third kappa shape index (κ3) is 6.06. The van der Waals surface area contributed by atoms with E-state index in [9.17, 15) is 13.2 Å². The molecule has 0 amide bonds. The summed E-state index contributed by atoms with van der Waals surface area (Å²) < 4.78 is 24.0. The summed E-state index contributed by atoms with van der Waals surface area (Å²) >= 11 is 0. The van der Waals surface area contributed by atoms with E-state index in [0.29, 0.717) is 18.4 Å². The van der Waals surface area contributed by atoms with Crippen LogP contribution >= 0.6 is 0 Å². The molecule has 0 aliphatic heterocycles. The normalized spacial score (nSPS) is 10.2. The van der Waals surface area contributed by atoms with Crippen molar-refractivity contribution in [2.75, 3.05) is 6.61 Å². The number of allylic oxidation sites excluding steroid dienone is 1. The van der Waals surface area contributed by atoms with Crippen LogP contribution < -0.4 is 0 Å². The summed E-state index contributed by atoms with van der Waals surface area (Å²) in [5.74, 6) is -0.0558. The number of hydrogen-bond donors (Lipinski definition) is 1. The fourth-order valence-electron chi connectivity index (χ4n) is 0.585. The van der Waals surface area contributed by atoms with Crippen molar-refractivity contribution in [2.24, 2.45) is 0 Å². The Balaban J connectivity index is 3.44. The van der Waals surface area contributed by atoms with Crippen LogP contribution in [-0.4, -0.2) is 20.8 Å². The van der Waals surface area contributed by atoms with Crippen molar-refractivity contribution >= 4 is 16.8 Å². The molecule has 5 heteroatoms. The van der Waals surface area contributed by atoms with Crippen LogP contribution in [0.2, 0.25) is 0 Å². The maximum Gasteiger partial charge on any atom is 0.257 e. The number of carbonyl (C=O) groups is 1. The van der Waals surface area contributed by atoms with Gasteiger partial charge in [-0.05, 0) is 18.9 Å². The molecule has 0 spiro atoms. The van der Waals surface area contributed by atoms with Gasteiger partial charge < -0.3 is 0 Å². The van der Waals surface area contributed by atoms with E-state index < -0.39 is 11.0 Å². The van der Waals surface area contributed by atoms with Crippen LogP contribution in [0, 0.1) is 0 Å². The fourth-order valence-corrected chi connectivity index (χ4v) is 0.863. The van der Waals surface area contributed by atoms with Gasteiger partial charge in [0.15, 0.2) is 5.78 Å². The molecule has 0 unspecified atom stereocenters. The minimum atomic E-state index is -2.78. The van der Waals surface area contributed by atoms with E-state index in [4.69, 9.17) is 0 Å². The first-order chi connectivity index (χ1) is 5.54. The highest BCUT2D eigenvalue weighted by atomic mass is 32.2. The number of hydrogen-bond acceptors (Lipinski definition) is 4. The molecule has 12 heavy (non-hydrogen) atoms. The SMILES string of the molecule is C=C(C)C(=O)CCCO[SH](=O)=O. The van der Waals surface area contributed by atoms with Crippen molar-refractivity contribution < 1.29 is 17.4 Å². The Bertz CT molecular complexity index is 234. The van der Waals surface area contributed by atoms with Crippen molar-refractivity contribution in [2.45, 2.75) is 19.8 Å². The quantitative estimate of drug-likeness (QED) is 0.377. The predicted octanol–water partition coefficient (Wildman–Crippen LogP) is 0.455. The zero-order chi connectivity index (χ0) is 9.56. The van der Waals surface area contributed by atoms with Crippen LogP contribution in [-0.2, 0) is 20.0 Å². The molecule has 0 rings (SSSR count). The summed E-state index contributed by atoms with van der Waals surface area (Å²) in [6.45, 7) is 5.15. The van der Waals surface area contributed by atoms with Gasteiger partial charge in [-0.2, -0.15) is 0 Å². The number of carbonyl (C=O) groups excluding carboxylic acids is 1. The lowest BCUT2D eigenvalue weighted by atomic mass is 10.1. The molecule has 4 nitrogen and oxygen atoms in total. The second-order valence-corrected chi connectivity index (χ2v) is 3.07. The largest absolute Gasteiger partial charge is 0.295 e. The number of thiol groups is 1. The van der Waals surface area contributed by atoms with Crippen LogP contribution in [0.1, 0.15) is 19.8 Å². The highest BCUT2D eigenvalue weighted by Crippen LogP contribution is 1.99. The third-order valence-electron chi connectivity index (χ3n) is 1.22. The number of Topliss-reactive ketones (excluding diaryl/α,β-unsaturated/α-hetero) is 1. The van der Waals surface area contributed by atoms with E-state index in [1.54, 1.807) is 6.92 Å². The molecule has 0 radical (unpaired) electrons. The van der Waals surface area contributed by atoms with Crippen molar-refractivity contribution in [3.63, 3.8) is 0 Å². The lowest BCUT2D eigenvalue weighted by molar-refractivity contribution is -0.115. The topological polar surface area (TPSA) is 60.4 Å². The van der Waals surface area contributed by atoms with Gasteiger partial charge in [-0.15, -0.1) is 0 Å². The second-order valence-electron chi connectivity index (χ2n) is 2.36. The molecule has 0 saturated carbocycles. The summed E-state index contributed by atoms with van der Waals surface area (Å²) in [7, 11) is -2.78. The Hall–Kier alpha value is -0.680. The molecular formula is C7H12O4S. The molecule has 0 saturated heterocycles. The first kappa shape index (κ1) is 11.3. The molecule has 0 N–H and O–H groups in total. The number of rotatable bonds is 6. The van der Waals surface area contributed by atoms with Crippen LogP contribution in [0.4, 0.5) is 0 Å². The standard InChI is InChI=1S/C7H12O4S/c1-6(2)7(8)4-3-5-11-12(9)10/h12H,1,3-5H2,2H3. The maximum absolute atomic E-state index is 10.9. The molecule has 0 aromatic carbocycles. The van der Waals surface area contributed by atoms with E-state index in [1.807, 2.05) is 0 Å². The molecule has 70 valence electrons. The first-order valence-corrected chi connectivity index (χ1v) is 4.59. The van der Waals surface area contributed by atoms with E-state index >= 15 is 0 Å². The van der Waals surface area contributed by atoms with Gasteiger partial charge in [0.25, 0.3) is 11.0 Å². The summed E-state index contributed by atoms with van der Waals surface area (Å²) in [5.41, 5.74) is 0.488. The third-order valence-corrected chi connectivity index (χ3v) is 1.61. The van der Waals surface area contributed by atoms with Crippen LogP contribution in [0.15, 0.2) is 12.2 Å². The van der Waals surface area contributed by atoms with Gasteiger partial charge in [-0.25, -0.2) is 8.42 Å². The zero-order valence-electron chi connectivity index (χ0n) is 6.91. The molecule has 0 bridgehead atoms. The van der Waals surface area contributed by atoms with Gasteiger partial charge in [0.1, 0.15) is 0 Å². The number of ketones is 1. The van der Waals surface area contributed by atoms with Gasteiger partial charge in [0.05, 0.1) is 6.61 Å². The van der Waals surface area contributed by atoms with E-state index in [2.05, 4.69) is 10.8 Å². The molecular weight excluding hydrogens is 180 g/mol. The van der Waals surface area contributed by atoms with Crippen LogP contribution in [0.3, 0.4) is 0 Å². The van der Waals surface area contributed by atoms with Gasteiger partial charge in [-0.3, -0.25) is 8.98 Å². The molecule has 0 aromatic rings. The summed E-state index contributed by atoms with van der Waals surface area (Å²) in [6, 6.07) is 0. The van der Waals surface area contributed by atoms with Gasteiger partial charge in [0, 0.05) is 6.42 Å². The average Bonchev–Trinajstić information content (AvgIpc) is 1.97. The van der Waals surface area contributed by atoms with Crippen molar-refractivity contribution in [1.82, 2.24) is 0 Å². The highest BCUT2D eigenvalue weighted by Gasteiger charge is 2.01. The summed E-state index contributed by atoms with van der Waals surface area (Å²) in [6.07, 6.45) is 0.702. The fraction of sp³-hybridized carbons (Fsp3) is 0.571. The molecule has 0 aliphatic rings. The molecule has 0 fully saturated rings.